The fraction of sp³-hybridized carbons (Fsp3) is 1.00. The minimum atomic E-state index is 1.38. The van der Waals surface area contributed by atoms with Crippen molar-refractivity contribution < 1.29 is 38.8 Å². The first-order valence-electron chi connectivity index (χ1n) is 3.06. The van der Waals surface area contributed by atoms with Gasteiger partial charge in [-0.15, -0.1) is 0 Å². The first kappa shape index (κ1) is 8.35. The van der Waals surface area contributed by atoms with Crippen LogP contribution in [-0.4, -0.2) is 0 Å². The SMILES string of the molecule is CCCCC[CH2][Nd]. The molecule has 7 heavy (non-hydrogen) atoms. The van der Waals surface area contributed by atoms with E-state index in [4.69, 9.17) is 0 Å². The summed E-state index contributed by atoms with van der Waals surface area (Å²) in [6, 6.07) is 0. The quantitative estimate of drug-likeness (QED) is 0.650. The van der Waals surface area contributed by atoms with E-state index in [0.717, 1.165) is 0 Å². The zero-order valence-electron chi connectivity index (χ0n) is 5.04. The number of rotatable bonds is 4. The molecular weight excluding hydrogens is 216 g/mol. The summed E-state index contributed by atoms with van der Waals surface area (Å²) >= 11 is 1.41. The van der Waals surface area contributed by atoms with Crippen LogP contribution in [0.1, 0.15) is 32.6 Å². The molecule has 0 spiro atoms. The molecule has 0 aromatic rings. The molecule has 0 aliphatic carbocycles. The second-order valence-corrected chi connectivity index (χ2v) is 3.41. The molecule has 0 unspecified atom stereocenters. The van der Waals surface area contributed by atoms with Crippen molar-refractivity contribution in [1.82, 2.24) is 0 Å². The van der Waals surface area contributed by atoms with Crippen molar-refractivity contribution in [1.29, 1.82) is 0 Å². The van der Waals surface area contributed by atoms with Gasteiger partial charge in [0.1, 0.15) is 0 Å². The van der Waals surface area contributed by atoms with Gasteiger partial charge in [0.25, 0.3) is 0 Å². The molecule has 0 radical (unpaired) electrons. The third-order valence-electron chi connectivity index (χ3n) is 1.03. The summed E-state index contributed by atoms with van der Waals surface area (Å²) in [6.07, 6.45) is 5.78. The summed E-state index contributed by atoms with van der Waals surface area (Å²) < 4.78 is 1.50. The van der Waals surface area contributed by atoms with Gasteiger partial charge in [0.2, 0.25) is 0 Å². The zero-order chi connectivity index (χ0) is 5.54. The normalized spacial score (nSPS) is 9.14. The maximum atomic E-state index is 2.26. The Morgan fingerprint density at radius 3 is 2.29 bits per heavy atom. The molecule has 0 aliphatic rings. The van der Waals surface area contributed by atoms with E-state index in [0.29, 0.717) is 0 Å². The van der Waals surface area contributed by atoms with Crippen molar-refractivity contribution in [3.63, 3.8) is 0 Å². The fourth-order valence-corrected chi connectivity index (χ4v) is 1.35. The van der Waals surface area contributed by atoms with E-state index in [9.17, 15) is 0 Å². The molecule has 0 saturated heterocycles. The maximum absolute atomic E-state index is 2.26. The summed E-state index contributed by atoms with van der Waals surface area (Å²) in [5.41, 5.74) is 0. The Morgan fingerprint density at radius 2 is 1.86 bits per heavy atom. The molecule has 0 aromatic heterocycles. The van der Waals surface area contributed by atoms with Crippen LogP contribution in [0.5, 0.6) is 0 Å². The molecule has 0 atom stereocenters. The zero-order valence-corrected chi connectivity index (χ0v) is 8.24. The van der Waals surface area contributed by atoms with E-state index in [-0.39, 0.29) is 0 Å². The Hall–Kier alpha value is 1.35. The van der Waals surface area contributed by atoms with Gasteiger partial charge >= 0.3 is 73.5 Å². The van der Waals surface area contributed by atoms with Crippen LogP contribution in [0.3, 0.4) is 0 Å². The molecule has 41 valence electrons. The molecule has 0 fully saturated rings. The van der Waals surface area contributed by atoms with E-state index in [2.05, 4.69) is 6.92 Å². The van der Waals surface area contributed by atoms with Crippen molar-refractivity contribution in [2.45, 2.75) is 34.7 Å². The van der Waals surface area contributed by atoms with Crippen LogP contribution in [0.2, 0.25) is 2.07 Å². The summed E-state index contributed by atoms with van der Waals surface area (Å²) in [4.78, 5) is 0. The summed E-state index contributed by atoms with van der Waals surface area (Å²) in [7, 11) is 0. The van der Waals surface area contributed by atoms with Gasteiger partial charge in [-0.05, 0) is 0 Å². The number of hydrogen-bond acceptors (Lipinski definition) is 0. The van der Waals surface area contributed by atoms with Crippen LogP contribution in [-0.2, 0) is 0 Å². The minimum absolute atomic E-state index is 1.38. The molecule has 0 saturated carbocycles. The standard InChI is InChI=1S/C6H13.Nd/c1-3-5-6-4-2;/h1,3-6H2,2H3;. The van der Waals surface area contributed by atoms with E-state index in [1.165, 1.54) is 66.5 Å². The van der Waals surface area contributed by atoms with Crippen LogP contribution in [0.4, 0.5) is 0 Å². The van der Waals surface area contributed by atoms with Crippen LogP contribution in [0, 0.1) is 38.8 Å². The molecule has 0 rings (SSSR count). The van der Waals surface area contributed by atoms with Gasteiger partial charge in [0, 0.05) is 0 Å². The van der Waals surface area contributed by atoms with Crippen molar-refractivity contribution in [3.8, 4) is 0 Å². The van der Waals surface area contributed by atoms with Crippen molar-refractivity contribution in [3.05, 3.63) is 0 Å². The van der Waals surface area contributed by atoms with Crippen molar-refractivity contribution >= 4 is 0 Å². The van der Waals surface area contributed by atoms with Crippen LogP contribution < -0.4 is 0 Å². The van der Waals surface area contributed by atoms with Crippen LogP contribution in [0.25, 0.3) is 0 Å². The molecule has 0 aromatic carbocycles. The summed E-state index contributed by atoms with van der Waals surface area (Å²) in [6.45, 7) is 2.26. The Morgan fingerprint density at radius 1 is 1.14 bits per heavy atom. The van der Waals surface area contributed by atoms with Gasteiger partial charge in [0.05, 0.1) is 0 Å². The van der Waals surface area contributed by atoms with Crippen molar-refractivity contribution in [2.75, 3.05) is 0 Å². The Balaban J connectivity index is 2.45. The average molecular weight is 229 g/mol. The number of unbranched alkanes of at least 4 members (excludes halogenated alkanes) is 3. The Bertz CT molecular complexity index is 23.4. The predicted octanol–water partition coefficient (Wildman–Crippen LogP) is 2.53. The Labute approximate surface area is 72.7 Å². The van der Waals surface area contributed by atoms with Gasteiger partial charge in [-0.25, -0.2) is 0 Å². The third-order valence-corrected chi connectivity index (χ3v) is 2.16. The van der Waals surface area contributed by atoms with E-state index in [1.807, 2.05) is 0 Å². The fourth-order valence-electron chi connectivity index (χ4n) is 0.552. The summed E-state index contributed by atoms with van der Waals surface area (Å²) in [5.74, 6) is 0. The third kappa shape index (κ3) is 7.35. The van der Waals surface area contributed by atoms with Gasteiger partial charge < -0.3 is 0 Å². The molecule has 1 heteroatoms. The molecule has 0 amide bonds. The van der Waals surface area contributed by atoms with Crippen LogP contribution in [0.15, 0.2) is 0 Å². The van der Waals surface area contributed by atoms with E-state index < -0.39 is 0 Å². The van der Waals surface area contributed by atoms with Gasteiger partial charge in [-0.2, -0.15) is 0 Å². The van der Waals surface area contributed by atoms with E-state index in [1.54, 1.807) is 0 Å². The first-order valence-corrected chi connectivity index (χ1v) is 5.33. The second-order valence-electron chi connectivity index (χ2n) is 1.81. The van der Waals surface area contributed by atoms with Gasteiger partial charge in [-0.1, -0.05) is 0 Å². The molecule has 0 heterocycles. The Kier molecular flexibility index (Phi) is 8.77. The molecule has 0 aliphatic heterocycles. The number of hydrogen-bond donors (Lipinski definition) is 0. The van der Waals surface area contributed by atoms with Gasteiger partial charge in [-0.3, -0.25) is 0 Å². The average Bonchev–Trinajstić information content (AvgIpc) is 1.69. The van der Waals surface area contributed by atoms with Gasteiger partial charge in [0.15, 0.2) is 0 Å². The van der Waals surface area contributed by atoms with Crippen molar-refractivity contribution in [2.24, 2.45) is 0 Å². The molecule has 0 N–H and O–H groups in total. The monoisotopic (exact) mass is 227 g/mol. The molecular formula is C6H13Nd. The second kappa shape index (κ2) is 7.35. The molecule has 0 bridgehead atoms. The predicted molar refractivity (Wildman–Crippen MR) is 28.9 cm³/mol. The topological polar surface area (TPSA) is 0 Å². The first-order chi connectivity index (χ1) is 3.41. The van der Waals surface area contributed by atoms with E-state index >= 15 is 0 Å². The summed E-state index contributed by atoms with van der Waals surface area (Å²) in [5, 5.41) is 0. The van der Waals surface area contributed by atoms with Crippen LogP contribution >= 0.6 is 0 Å². The molecule has 0 nitrogen and oxygen atoms in total.